The van der Waals surface area contributed by atoms with E-state index < -0.39 is 12.1 Å². The molecule has 1 aromatic heterocycles. The van der Waals surface area contributed by atoms with E-state index >= 15 is 0 Å². The molecule has 1 N–H and O–H groups in total. The summed E-state index contributed by atoms with van der Waals surface area (Å²) >= 11 is 0. The van der Waals surface area contributed by atoms with Gasteiger partial charge >= 0.3 is 5.97 Å². The summed E-state index contributed by atoms with van der Waals surface area (Å²) in [5, 5.41) is 4.06. The molecule has 0 spiro atoms. The molecule has 1 saturated carbocycles. The molecule has 0 bridgehead atoms. The first kappa shape index (κ1) is 20.9. The van der Waals surface area contributed by atoms with Crippen molar-refractivity contribution >= 4 is 22.6 Å². The molecule has 3 rings (SSSR count). The number of esters is 1. The highest BCUT2D eigenvalue weighted by molar-refractivity contribution is 5.88. The number of amides is 1. The topological polar surface area (TPSA) is 86.6 Å². The number of hydrogen-bond donors (Lipinski definition) is 1. The minimum Gasteiger partial charge on any atom is -0.478 e. The van der Waals surface area contributed by atoms with Gasteiger partial charge in [0.05, 0.1) is 12.0 Å². The van der Waals surface area contributed by atoms with Gasteiger partial charge in [0.1, 0.15) is 12.3 Å². The Morgan fingerprint density at radius 2 is 1.93 bits per heavy atom. The Kier molecular flexibility index (Phi) is 6.90. The van der Waals surface area contributed by atoms with Crippen LogP contribution in [0.25, 0.3) is 10.8 Å². The number of nitrogens with one attached hydrogen (secondary N) is 1. The molecular weight excluding hydrogens is 372 g/mol. The van der Waals surface area contributed by atoms with Crippen LogP contribution in [0.3, 0.4) is 0 Å². The number of hydrogen-bond acceptors (Lipinski definition) is 5. The fraction of sp³-hybridized carbons (Fsp3) is 0.500. The molecule has 0 aliphatic heterocycles. The lowest BCUT2D eigenvalue weighted by Crippen LogP contribution is -2.39. The molecule has 1 heterocycles. The van der Waals surface area contributed by atoms with Crippen molar-refractivity contribution in [1.29, 1.82) is 0 Å². The molecule has 1 aliphatic rings. The number of nitrogens with zero attached hydrogens (tertiary/aromatic N) is 1. The van der Waals surface area contributed by atoms with Crippen molar-refractivity contribution in [2.45, 2.75) is 64.6 Å². The molecule has 2 aromatic rings. The number of carbonyl (C=O) groups excluding carboxylic acids is 2. The Morgan fingerprint density at radius 1 is 1.17 bits per heavy atom. The molecule has 1 amide bonds. The molecule has 0 radical (unpaired) electrons. The highest BCUT2D eigenvalue weighted by Crippen LogP contribution is 2.24. The van der Waals surface area contributed by atoms with Gasteiger partial charge in [-0.1, -0.05) is 25.3 Å². The summed E-state index contributed by atoms with van der Waals surface area (Å²) in [5.41, 5.74) is -0.268. The van der Waals surface area contributed by atoms with E-state index in [4.69, 9.17) is 9.47 Å². The SMILES string of the molecule is CCOC(=O)C(C)Oc1cccc2c(=O)n(CC(=O)NC3CCCCC3)ccc12. The van der Waals surface area contributed by atoms with Crippen LogP contribution >= 0.6 is 0 Å². The molecular formula is C22H28N2O5. The minimum absolute atomic E-state index is 0.0183. The third kappa shape index (κ3) is 5.16. The van der Waals surface area contributed by atoms with E-state index in [1.165, 1.54) is 11.0 Å². The lowest BCUT2D eigenvalue weighted by molar-refractivity contribution is -0.150. The summed E-state index contributed by atoms with van der Waals surface area (Å²) < 4.78 is 12.1. The van der Waals surface area contributed by atoms with Crippen molar-refractivity contribution in [3.05, 3.63) is 40.8 Å². The van der Waals surface area contributed by atoms with Crippen molar-refractivity contribution in [1.82, 2.24) is 9.88 Å². The lowest BCUT2D eigenvalue weighted by atomic mass is 9.95. The van der Waals surface area contributed by atoms with Gasteiger partial charge in [-0.15, -0.1) is 0 Å². The van der Waals surface area contributed by atoms with Crippen LogP contribution in [-0.4, -0.2) is 35.2 Å². The van der Waals surface area contributed by atoms with Crippen molar-refractivity contribution in [2.24, 2.45) is 0 Å². The number of pyridine rings is 1. The summed E-state index contributed by atoms with van der Waals surface area (Å²) in [6, 6.07) is 7.03. The van der Waals surface area contributed by atoms with E-state index in [9.17, 15) is 14.4 Å². The van der Waals surface area contributed by atoms with Gasteiger partial charge in [0.15, 0.2) is 6.10 Å². The third-order valence-corrected chi connectivity index (χ3v) is 5.19. The standard InChI is InChI=1S/C22H28N2O5/c1-3-28-22(27)15(2)29-19-11-7-10-18-17(19)12-13-24(21(18)26)14-20(25)23-16-8-5-4-6-9-16/h7,10-13,15-16H,3-6,8-9,14H2,1-2H3,(H,23,25). The van der Waals surface area contributed by atoms with Crippen LogP contribution in [0.1, 0.15) is 46.0 Å². The van der Waals surface area contributed by atoms with Crippen LogP contribution < -0.4 is 15.6 Å². The third-order valence-electron chi connectivity index (χ3n) is 5.19. The molecule has 1 fully saturated rings. The average molecular weight is 400 g/mol. The van der Waals surface area contributed by atoms with E-state index in [0.29, 0.717) is 16.5 Å². The number of benzene rings is 1. The van der Waals surface area contributed by atoms with Gasteiger partial charge in [-0.2, -0.15) is 0 Å². The van der Waals surface area contributed by atoms with Crippen LogP contribution in [0, 0.1) is 0 Å². The molecule has 1 aliphatic carbocycles. The number of fused-ring (bicyclic) bond motifs is 1. The highest BCUT2D eigenvalue weighted by Gasteiger charge is 2.19. The molecule has 1 atom stereocenters. The van der Waals surface area contributed by atoms with Crippen LogP contribution in [-0.2, 0) is 20.9 Å². The van der Waals surface area contributed by atoms with Crippen LogP contribution in [0.15, 0.2) is 35.3 Å². The summed E-state index contributed by atoms with van der Waals surface area (Å²) in [4.78, 5) is 37.1. The van der Waals surface area contributed by atoms with Crippen LogP contribution in [0.5, 0.6) is 5.75 Å². The summed E-state index contributed by atoms with van der Waals surface area (Å²) in [6.07, 6.45) is 6.28. The number of aromatic nitrogens is 1. The first-order valence-electron chi connectivity index (χ1n) is 10.2. The second kappa shape index (κ2) is 9.58. The van der Waals surface area contributed by atoms with Crippen molar-refractivity contribution in [3.8, 4) is 5.75 Å². The number of rotatable bonds is 7. The normalized spacial score (nSPS) is 15.7. The number of carbonyl (C=O) groups is 2. The molecule has 156 valence electrons. The predicted molar refractivity (Wildman–Crippen MR) is 110 cm³/mol. The van der Waals surface area contributed by atoms with Gasteiger partial charge in [-0.25, -0.2) is 4.79 Å². The summed E-state index contributed by atoms with van der Waals surface area (Å²) in [7, 11) is 0. The lowest BCUT2D eigenvalue weighted by Gasteiger charge is -2.23. The van der Waals surface area contributed by atoms with Gasteiger partial charge in [0.25, 0.3) is 5.56 Å². The van der Waals surface area contributed by atoms with Crippen LogP contribution in [0.4, 0.5) is 0 Å². The Balaban J connectivity index is 1.76. The van der Waals surface area contributed by atoms with E-state index in [2.05, 4.69) is 5.32 Å². The highest BCUT2D eigenvalue weighted by atomic mass is 16.6. The molecule has 7 nitrogen and oxygen atoms in total. The van der Waals surface area contributed by atoms with Crippen LogP contribution in [0.2, 0.25) is 0 Å². The Labute approximate surface area is 170 Å². The predicted octanol–water partition coefficient (Wildman–Crippen LogP) is 2.78. The van der Waals surface area contributed by atoms with E-state index in [-0.39, 0.29) is 30.7 Å². The maximum Gasteiger partial charge on any atom is 0.347 e. The maximum atomic E-state index is 12.9. The van der Waals surface area contributed by atoms with Gasteiger partial charge in [-0.05, 0) is 44.9 Å². The monoisotopic (exact) mass is 400 g/mol. The smallest absolute Gasteiger partial charge is 0.347 e. The quantitative estimate of drug-likeness (QED) is 0.722. The zero-order chi connectivity index (χ0) is 20.8. The second-order valence-electron chi connectivity index (χ2n) is 7.38. The summed E-state index contributed by atoms with van der Waals surface area (Å²) in [6.45, 7) is 3.59. The van der Waals surface area contributed by atoms with E-state index in [0.717, 1.165) is 25.7 Å². The largest absolute Gasteiger partial charge is 0.478 e. The fourth-order valence-corrected chi connectivity index (χ4v) is 3.69. The number of ether oxygens (including phenoxy) is 2. The summed E-state index contributed by atoms with van der Waals surface area (Å²) in [5.74, 6) is -0.183. The van der Waals surface area contributed by atoms with Gasteiger partial charge in [0, 0.05) is 17.6 Å². The van der Waals surface area contributed by atoms with Crippen molar-refractivity contribution < 1.29 is 19.1 Å². The van der Waals surface area contributed by atoms with Crippen molar-refractivity contribution in [2.75, 3.05) is 6.61 Å². The first-order chi connectivity index (χ1) is 14.0. The molecule has 29 heavy (non-hydrogen) atoms. The maximum absolute atomic E-state index is 12.9. The molecule has 1 unspecified atom stereocenters. The zero-order valence-corrected chi connectivity index (χ0v) is 17.0. The molecule has 0 saturated heterocycles. The van der Waals surface area contributed by atoms with Gasteiger partial charge < -0.3 is 19.4 Å². The van der Waals surface area contributed by atoms with Gasteiger partial charge in [0.2, 0.25) is 5.91 Å². The second-order valence-corrected chi connectivity index (χ2v) is 7.38. The molecule has 1 aromatic carbocycles. The first-order valence-corrected chi connectivity index (χ1v) is 10.2. The molecule has 7 heteroatoms. The van der Waals surface area contributed by atoms with Crippen molar-refractivity contribution in [3.63, 3.8) is 0 Å². The van der Waals surface area contributed by atoms with Gasteiger partial charge in [-0.3, -0.25) is 9.59 Å². The Morgan fingerprint density at radius 3 is 2.66 bits per heavy atom. The minimum atomic E-state index is -0.788. The zero-order valence-electron chi connectivity index (χ0n) is 17.0. The average Bonchev–Trinajstić information content (AvgIpc) is 2.71. The Hall–Kier alpha value is -2.83. The van der Waals surface area contributed by atoms with E-state index in [1.54, 1.807) is 44.3 Å². The van der Waals surface area contributed by atoms with E-state index in [1.807, 2.05) is 0 Å². The fourth-order valence-electron chi connectivity index (χ4n) is 3.69. The Bertz CT molecular complexity index is 930.